The molecule has 26 heavy (non-hydrogen) atoms. The van der Waals surface area contributed by atoms with Gasteiger partial charge in [0.25, 0.3) is 0 Å². The van der Waals surface area contributed by atoms with Crippen molar-refractivity contribution in [1.82, 2.24) is 5.32 Å². The monoisotopic (exact) mass is 354 g/mol. The molecule has 1 aliphatic carbocycles. The highest BCUT2D eigenvalue weighted by molar-refractivity contribution is 5.89. The van der Waals surface area contributed by atoms with E-state index in [0.717, 1.165) is 30.0 Å². The molecule has 1 aliphatic rings. The van der Waals surface area contributed by atoms with E-state index in [9.17, 15) is 4.79 Å². The van der Waals surface area contributed by atoms with Crippen LogP contribution in [0.2, 0.25) is 0 Å². The molecule has 0 saturated heterocycles. The lowest BCUT2D eigenvalue weighted by molar-refractivity contribution is 0.217. The predicted molar refractivity (Wildman–Crippen MR) is 103 cm³/mol. The summed E-state index contributed by atoms with van der Waals surface area (Å²) < 4.78 is 11.2. The number of hydrogen-bond donors (Lipinski definition) is 2. The van der Waals surface area contributed by atoms with Crippen LogP contribution >= 0.6 is 0 Å². The summed E-state index contributed by atoms with van der Waals surface area (Å²) in [6.45, 7) is 0.942. The highest BCUT2D eigenvalue weighted by Gasteiger charge is 2.15. The zero-order valence-corrected chi connectivity index (χ0v) is 14.9. The SMILES string of the molecule is O=C(Nc1ccc(OCCOc2ccccc2)cc1)NC1CCCCC1. The Balaban J connectivity index is 1.36. The summed E-state index contributed by atoms with van der Waals surface area (Å²) in [6.07, 6.45) is 5.82. The van der Waals surface area contributed by atoms with Crippen LogP contribution in [0.3, 0.4) is 0 Å². The van der Waals surface area contributed by atoms with Gasteiger partial charge < -0.3 is 20.1 Å². The maximum atomic E-state index is 12.0. The summed E-state index contributed by atoms with van der Waals surface area (Å²) in [5, 5.41) is 5.92. The average molecular weight is 354 g/mol. The van der Waals surface area contributed by atoms with E-state index in [0.29, 0.717) is 19.3 Å². The summed E-state index contributed by atoms with van der Waals surface area (Å²) in [6, 6.07) is 17.2. The van der Waals surface area contributed by atoms with Crippen molar-refractivity contribution in [3.8, 4) is 11.5 Å². The Morgan fingerprint density at radius 1 is 0.846 bits per heavy atom. The largest absolute Gasteiger partial charge is 0.490 e. The first-order valence-corrected chi connectivity index (χ1v) is 9.28. The number of para-hydroxylation sites is 1. The van der Waals surface area contributed by atoms with Crippen molar-refractivity contribution < 1.29 is 14.3 Å². The second-order valence-corrected chi connectivity index (χ2v) is 6.47. The van der Waals surface area contributed by atoms with E-state index in [1.54, 1.807) is 0 Å². The van der Waals surface area contributed by atoms with Gasteiger partial charge in [-0.2, -0.15) is 0 Å². The van der Waals surface area contributed by atoms with E-state index in [-0.39, 0.29) is 6.03 Å². The molecule has 0 heterocycles. The minimum atomic E-state index is -0.137. The minimum absolute atomic E-state index is 0.137. The van der Waals surface area contributed by atoms with Crippen molar-refractivity contribution in [2.24, 2.45) is 0 Å². The molecule has 138 valence electrons. The van der Waals surface area contributed by atoms with Gasteiger partial charge >= 0.3 is 6.03 Å². The van der Waals surface area contributed by atoms with E-state index in [1.807, 2.05) is 54.6 Å². The number of benzene rings is 2. The Morgan fingerprint density at radius 2 is 1.46 bits per heavy atom. The van der Waals surface area contributed by atoms with E-state index in [1.165, 1.54) is 19.3 Å². The quantitative estimate of drug-likeness (QED) is 0.715. The second-order valence-electron chi connectivity index (χ2n) is 6.47. The van der Waals surface area contributed by atoms with Crippen molar-refractivity contribution in [2.45, 2.75) is 38.1 Å². The molecule has 2 aromatic carbocycles. The fourth-order valence-corrected chi connectivity index (χ4v) is 3.07. The van der Waals surface area contributed by atoms with Gasteiger partial charge in [-0.1, -0.05) is 37.5 Å². The second kappa shape index (κ2) is 9.70. The normalized spacial score (nSPS) is 14.5. The maximum absolute atomic E-state index is 12.0. The molecule has 0 spiro atoms. The smallest absolute Gasteiger partial charge is 0.319 e. The zero-order chi connectivity index (χ0) is 18.0. The number of amides is 2. The summed E-state index contributed by atoms with van der Waals surface area (Å²) in [5.74, 6) is 1.58. The third kappa shape index (κ3) is 5.99. The third-order valence-electron chi connectivity index (χ3n) is 4.42. The van der Waals surface area contributed by atoms with Crippen LogP contribution in [0.4, 0.5) is 10.5 Å². The molecule has 0 aliphatic heterocycles. The van der Waals surface area contributed by atoms with Gasteiger partial charge in [0.1, 0.15) is 24.7 Å². The first-order valence-electron chi connectivity index (χ1n) is 9.28. The Labute approximate surface area is 154 Å². The predicted octanol–water partition coefficient (Wildman–Crippen LogP) is 4.60. The summed E-state index contributed by atoms with van der Waals surface area (Å²) >= 11 is 0. The van der Waals surface area contributed by atoms with Crippen LogP contribution in [0.5, 0.6) is 11.5 Å². The van der Waals surface area contributed by atoms with Crippen LogP contribution < -0.4 is 20.1 Å². The van der Waals surface area contributed by atoms with Crippen LogP contribution in [-0.2, 0) is 0 Å². The van der Waals surface area contributed by atoms with Crippen molar-refractivity contribution >= 4 is 11.7 Å². The van der Waals surface area contributed by atoms with Crippen molar-refractivity contribution in [1.29, 1.82) is 0 Å². The van der Waals surface area contributed by atoms with Gasteiger partial charge in [0.05, 0.1) is 0 Å². The Morgan fingerprint density at radius 3 is 2.12 bits per heavy atom. The number of carbonyl (C=O) groups excluding carboxylic acids is 1. The molecule has 0 unspecified atom stereocenters. The molecule has 3 rings (SSSR count). The number of hydrogen-bond acceptors (Lipinski definition) is 3. The van der Waals surface area contributed by atoms with Gasteiger partial charge in [0, 0.05) is 11.7 Å². The number of anilines is 1. The first kappa shape index (κ1) is 18.1. The van der Waals surface area contributed by atoms with Gasteiger partial charge in [-0.25, -0.2) is 4.79 Å². The van der Waals surface area contributed by atoms with Crippen molar-refractivity contribution in [2.75, 3.05) is 18.5 Å². The number of ether oxygens (including phenoxy) is 2. The Bertz CT molecular complexity index is 667. The fourth-order valence-electron chi connectivity index (χ4n) is 3.07. The lowest BCUT2D eigenvalue weighted by atomic mass is 9.96. The molecule has 5 heteroatoms. The summed E-state index contributed by atoms with van der Waals surface area (Å²) in [5.41, 5.74) is 0.756. The van der Waals surface area contributed by atoms with E-state index in [4.69, 9.17) is 9.47 Å². The van der Waals surface area contributed by atoms with Crippen LogP contribution in [0.1, 0.15) is 32.1 Å². The molecule has 2 amide bonds. The van der Waals surface area contributed by atoms with Gasteiger partial charge in [-0.15, -0.1) is 0 Å². The molecule has 1 fully saturated rings. The zero-order valence-electron chi connectivity index (χ0n) is 14.9. The molecule has 1 saturated carbocycles. The lowest BCUT2D eigenvalue weighted by Gasteiger charge is -2.22. The number of carbonyl (C=O) groups is 1. The molecular weight excluding hydrogens is 328 g/mol. The number of rotatable bonds is 7. The Hall–Kier alpha value is -2.69. The molecule has 2 aromatic rings. The summed E-state index contributed by atoms with van der Waals surface area (Å²) in [4.78, 5) is 12.0. The lowest BCUT2D eigenvalue weighted by Crippen LogP contribution is -2.38. The standard InChI is InChI=1S/C21H26N2O3/c24-21(22-17-7-3-1-4-8-17)23-18-11-13-20(14-12-18)26-16-15-25-19-9-5-2-6-10-19/h2,5-6,9-14,17H,1,3-4,7-8,15-16H2,(H2,22,23,24). The topological polar surface area (TPSA) is 59.6 Å². The van der Waals surface area contributed by atoms with E-state index < -0.39 is 0 Å². The Kier molecular flexibility index (Phi) is 6.76. The number of nitrogens with one attached hydrogen (secondary N) is 2. The van der Waals surface area contributed by atoms with Crippen LogP contribution in [0, 0.1) is 0 Å². The molecule has 5 nitrogen and oxygen atoms in total. The molecule has 0 radical (unpaired) electrons. The maximum Gasteiger partial charge on any atom is 0.319 e. The minimum Gasteiger partial charge on any atom is -0.490 e. The highest BCUT2D eigenvalue weighted by Crippen LogP contribution is 2.18. The highest BCUT2D eigenvalue weighted by atomic mass is 16.5. The molecule has 2 N–H and O–H groups in total. The van der Waals surface area contributed by atoms with Gasteiger partial charge in [-0.05, 0) is 49.2 Å². The van der Waals surface area contributed by atoms with Crippen LogP contribution in [0.25, 0.3) is 0 Å². The molecule has 0 aromatic heterocycles. The average Bonchev–Trinajstić information content (AvgIpc) is 2.68. The van der Waals surface area contributed by atoms with Gasteiger partial charge in [0.15, 0.2) is 0 Å². The third-order valence-corrected chi connectivity index (χ3v) is 4.42. The first-order chi connectivity index (χ1) is 12.8. The van der Waals surface area contributed by atoms with Crippen molar-refractivity contribution in [3.05, 3.63) is 54.6 Å². The van der Waals surface area contributed by atoms with Gasteiger partial charge in [-0.3, -0.25) is 0 Å². The van der Waals surface area contributed by atoms with E-state index >= 15 is 0 Å². The van der Waals surface area contributed by atoms with Crippen LogP contribution in [-0.4, -0.2) is 25.3 Å². The summed E-state index contributed by atoms with van der Waals surface area (Å²) in [7, 11) is 0. The molecular formula is C21H26N2O3. The van der Waals surface area contributed by atoms with E-state index in [2.05, 4.69) is 10.6 Å². The molecule has 0 bridgehead atoms. The molecule has 0 atom stereocenters. The van der Waals surface area contributed by atoms with Gasteiger partial charge in [0.2, 0.25) is 0 Å². The van der Waals surface area contributed by atoms with Crippen molar-refractivity contribution in [3.63, 3.8) is 0 Å². The van der Waals surface area contributed by atoms with Crippen LogP contribution in [0.15, 0.2) is 54.6 Å². The number of urea groups is 1. The fraction of sp³-hybridized carbons (Fsp3) is 0.381.